The summed E-state index contributed by atoms with van der Waals surface area (Å²) in [6.07, 6.45) is -4.65. The van der Waals surface area contributed by atoms with Crippen LogP contribution in [0.3, 0.4) is 0 Å². The van der Waals surface area contributed by atoms with Gasteiger partial charge in [-0.15, -0.1) is 11.3 Å². The number of rotatable bonds is 4. The largest absolute Gasteiger partial charge is 0.416 e. The van der Waals surface area contributed by atoms with Crippen molar-refractivity contribution in [1.29, 1.82) is 0 Å². The van der Waals surface area contributed by atoms with Crippen molar-refractivity contribution in [2.75, 3.05) is 5.43 Å². The number of hydrogen-bond acceptors (Lipinski definition) is 5. The van der Waals surface area contributed by atoms with E-state index < -0.39 is 22.4 Å². The Labute approximate surface area is 141 Å². The molecule has 0 unspecified atom stereocenters. The lowest BCUT2D eigenvalue weighted by atomic mass is 10.1. The van der Waals surface area contributed by atoms with Gasteiger partial charge in [0.2, 0.25) is 0 Å². The van der Waals surface area contributed by atoms with Crippen LogP contribution in [0.25, 0.3) is 0 Å². The molecule has 0 saturated heterocycles. The van der Waals surface area contributed by atoms with E-state index in [1.165, 1.54) is 11.3 Å². The van der Waals surface area contributed by atoms with Crippen LogP contribution in [0.15, 0.2) is 39.2 Å². The van der Waals surface area contributed by atoms with Gasteiger partial charge in [0.1, 0.15) is 5.69 Å². The van der Waals surface area contributed by atoms with E-state index in [2.05, 4.69) is 26.5 Å². The Hall–Kier alpha value is -1.94. The van der Waals surface area contributed by atoms with Crippen molar-refractivity contribution in [3.8, 4) is 0 Å². The third-order valence-corrected chi connectivity index (χ3v) is 4.53. The van der Waals surface area contributed by atoms with Gasteiger partial charge in [0.15, 0.2) is 0 Å². The average Bonchev–Trinajstić information content (AvgIpc) is 2.90. The van der Waals surface area contributed by atoms with E-state index in [-0.39, 0.29) is 5.69 Å². The van der Waals surface area contributed by atoms with Gasteiger partial charge in [-0.2, -0.15) is 18.3 Å². The number of hydrogen-bond donors (Lipinski definition) is 1. The van der Waals surface area contributed by atoms with E-state index in [0.29, 0.717) is 11.8 Å². The fraction of sp³-hybridized carbons (Fsp3) is 0.154. The molecular formula is C13H9BrF3N3O2S. The summed E-state index contributed by atoms with van der Waals surface area (Å²) in [5, 5.41) is 14.9. The van der Waals surface area contributed by atoms with Crippen molar-refractivity contribution in [1.82, 2.24) is 0 Å². The maximum Gasteiger partial charge on any atom is 0.416 e. The Morgan fingerprint density at radius 3 is 2.57 bits per heavy atom. The second-order valence-corrected chi connectivity index (χ2v) is 6.86. The van der Waals surface area contributed by atoms with Gasteiger partial charge in [-0.05, 0) is 47.1 Å². The molecule has 0 spiro atoms. The SMILES string of the molecule is C/C(=N/Nc1ccc(C(F)(F)F)cc1[N+](=O)[O-])c1ccc(Br)s1. The zero-order chi connectivity index (χ0) is 17.2. The number of nitro groups is 1. The molecule has 1 heterocycles. The van der Waals surface area contributed by atoms with Gasteiger partial charge in [0.25, 0.3) is 5.69 Å². The molecule has 1 N–H and O–H groups in total. The van der Waals surface area contributed by atoms with Crippen LogP contribution in [0.5, 0.6) is 0 Å². The van der Waals surface area contributed by atoms with Gasteiger partial charge in [-0.25, -0.2) is 0 Å². The lowest BCUT2D eigenvalue weighted by molar-refractivity contribution is -0.384. The maximum atomic E-state index is 12.6. The van der Waals surface area contributed by atoms with Gasteiger partial charge in [0.05, 0.1) is 24.9 Å². The zero-order valence-electron chi connectivity index (χ0n) is 11.5. The Morgan fingerprint density at radius 1 is 1.35 bits per heavy atom. The third kappa shape index (κ3) is 4.29. The summed E-state index contributed by atoms with van der Waals surface area (Å²) >= 11 is 4.71. The first-order valence-corrected chi connectivity index (χ1v) is 7.71. The highest BCUT2D eigenvalue weighted by Crippen LogP contribution is 2.35. The standard InChI is InChI=1S/C13H9BrF3N3O2S/c1-7(11-4-5-12(14)23-11)18-19-9-3-2-8(13(15,16)17)6-10(9)20(21)22/h2-6,19H,1H3/b18-7-. The van der Waals surface area contributed by atoms with Crippen LogP contribution in [0.1, 0.15) is 17.4 Å². The average molecular weight is 408 g/mol. The topological polar surface area (TPSA) is 67.5 Å². The minimum absolute atomic E-state index is 0.113. The third-order valence-electron chi connectivity index (χ3n) is 2.80. The molecule has 0 bridgehead atoms. The van der Waals surface area contributed by atoms with E-state index in [0.717, 1.165) is 20.8 Å². The van der Waals surface area contributed by atoms with Crippen LogP contribution in [0.2, 0.25) is 0 Å². The molecule has 122 valence electrons. The Kier molecular flexibility index (Phi) is 5.05. The number of nitrogens with zero attached hydrogens (tertiary/aromatic N) is 2. The van der Waals surface area contributed by atoms with Crippen molar-refractivity contribution in [3.05, 3.63) is 54.7 Å². The molecule has 2 rings (SSSR count). The zero-order valence-corrected chi connectivity index (χ0v) is 13.9. The first-order chi connectivity index (χ1) is 10.7. The Balaban J connectivity index is 2.31. The predicted molar refractivity (Wildman–Crippen MR) is 86.0 cm³/mol. The van der Waals surface area contributed by atoms with Gasteiger partial charge in [-0.3, -0.25) is 15.5 Å². The molecule has 0 aliphatic rings. The van der Waals surface area contributed by atoms with Crippen LogP contribution in [0, 0.1) is 10.1 Å². The lowest BCUT2D eigenvalue weighted by Gasteiger charge is -2.08. The van der Waals surface area contributed by atoms with Gasteiger partial charge in [-0.1, -0.05) is 0 Å². The minimum Gasteiger partial charge on any atom is -0.271 e. The number of alkyl halides is 3. The summed E-state index contributed by atoms with van der Waals surface area (Å²) in [6, 6.07) is 5.86. The predicted octanol–water partition coefficient (Wildman–Crippen LogP) is 5.27. The molecular weight excluding hydrogens is 399 g/mol. The number of nitrogens with one attached hydrogen (secondary N) is 1. The maximum absolute atomic E-state index is 12.6. The van der Waals surface area contributed by atoms with Crippen molar-refractivity contribution in [2.45, 2.75) is 13.1 Å². The van der Waals surface area contributed by atoms with Gasteiger partial charge >= 0.3 is 6.18 Å². The van der Waals surface area contributed by atoms with Gasteiger partial charge < -0.3 is 0 Å². The van der Waals surface area contributed by atoms with Crippen LogP contribution >= 0.6 is 27.3 Å². The summed E-state index contributed by atoms with van der Waals surface area (Å²) in [4.78, 5) is 10.9. The summed E-state index contributed by atoms with van der Waals surface area (Å²) in [6.45, 7) is 1.68. The van der Waals surface area contributed by atoms with Crippen molar-refractivity contribution in [2.24, 2.45) is 5.10 Å². The summed E-state index contributed by atoms with van der Waals surface area (Å²) in [5.41, 5.74) is 1.11. The molecule has 0 aliphatic carbocycles. The van der Waals surface area contributed by atoms with Crippen LogP contribution < -0.4 is 5.43 Å². The molecule has 23 heavy (non-hydrogen) atoms. The molecule has 1 aromatic heterocycles. The van der Waals surface area contributed by atoms with Crippen molar-refractivity contribution >= 4 is 44.4 Å². The second-order valence-electron chi connectivity index (χ2n) is 4.40. The normalized spacial score (nSPS) is 12.3. The molecule has 0 saturated carbocycles. The fourth-order valence-electron chi connectivity index (χ4n) is 1.66. The quantitative estimate of drug-likeness (QED) is 0.426. The highest BCUT2D eigenvalue weighted by molar-refractivity contribution is 9.11. The number of nitro benzene ring substituents is 1. The van der Waals surface area contributed by atoms with E-state index in [4.69, 9.17) is 0 Å². The molecule has 0 amide bonds. The van der Waals surface area contributed by atoms with Gasteiger partial charge in [0, 0.05) is 6.07 Å². The second kappa shape index (κ2) is 6.67. The highest BCUT2D eigenvalue weighted by atomic mass is 79.9. The van der Waals surface area contributed by atoms with Crippen LogP contribution in [-0.4, -0.2) is 10.6 Å². The monoisotopic (exact) mass is 407 g/mol. The van der Waals surface area contributed by atoms with E-state index in [1.807, 2.05) is 6.07 Å². The van der Waals surface area contributed by atoms with Crippen LogP contribution in [-0.2, 0) is 6.18 Å². The smallest absolute Gasteiger partial charge is 0.271 e. The molecule has 5 nitrogen and oxygen atoms in total. The molecule has 10 heteroatoms. The Bertz CT molecular complexity index is 774. The molecule has 1 aromatic carbocycles. The first-order valence-electron chi connectivity index (χ1n) is 6.10. The first kappa shape index (κ1) is 17.4. The number of benzene rings is 1. The highest BCUT2D eigenvalue weighted by Gasteiger charge is 2.33. The lowest BCUT2D eigenvalue weighted by Crippen LogP contribution is -2.07. The van der Waals surface area contributed by atoms with E-state index in [9.17, 15) is 23.3 Å². The minimum atomic E-state index is -4.65. The summed E-state index contributed by atoms with van der Waals surface area (Å²) < 4.78 is 38.8. The van der Waals surface area contributed by atoms with Crippen molar-refractivity contribution < 1.29 is 18.1 Å². The fourth-order valence-corrected chi connectivity index (χ4v) is 2.99. The summed E-state index contributed by atoms with van der Waals surface area (Å²) in [7, 11) is 0. The molecule has 0 fully saturated rings. The van der Waals surface area contributed by atoms with E-state index in [1.54, 1.807) is 13.0 Å². The van der Waals surface area contributed by atoms with Crippen molar-refractivity contribution in [3.63, 3.8) is 0 Å². The van der Waals surface area contributed by atoms with E-state index >= 15 is 0 Å². The molecule has 0 radical (unpaired) electrons. The number of thiophene rings is 1. The number of anilines is 1. The Morgan fingerprint density at radius 2 is 2.04 bits per heavy atom. The molecule has 0 aliphatic heterocycles. The summed E-state index contributed by atoms with van der Waals surface area (Å²) in [5.74, 6) is 0. The number of hydrazone groups is 1. The van der Waals surface area contributed by atoms with Crippen LogP contribution in [0.4, 0.5) is 24.5 Å². The molecule has 2 aromatic rings. The number of halogens is 4. The molecule has 0 atom stereocenters.